The molecule has 1 aromatic rings. The molecular weight excluding hydrogens is 297 g/mol. The zero-order valence-corrected chi connectivity index (χ0v) is 13.0. The van der Waals surface area contributed by atoms with E-state index in [9.17, 15) is 12.8 Å². The van der Waals surface area contributed by atoms with Crippen LogP contribution in [0.3, 0.4) is 0 Å². The first-order chi connectivity index (χ1) is 9.93. The standard InChI is InChI=1S/C14H20FNO4S/c1-10(19-2)9-21(17,18)16-13-7-4-8-20-14-11(13)5-3-6-12(14)15/h3,5-6,10,13,16H,4,7-9H2,1-2H3/t10-,13-/m0/s1. The molecule has 1 aliphatic rings. The quantitative estimate of drug-likeness (QED) is 0.902. The molecule has 0 bridgehead atoms. The van der Waals surface area contributed by atoms with Gasteiger partial charge in [-0.2, -0.15) is 0 Å². The molecule has 2 rings (SSSR count). The van der Waals surface area contributed by atoms with E-state index in [-0.39, 0.29) is 11.5 Å². The molecule has 1 heterocycles. The molecule has 0 unspecified atom stereocenters. The summed E-state index contributed by atoms with van der Waals surface area (Å²) in [5.74, 6) is -0.461. The molecule has 118 valence electrons. The van der Waals surface area contributed by atoms with Gasteiger partial charge in [0, 0.05) is 12.7 Å². The van der Waals surface area contributed by atoms with Crippen LogP contribution in [0.25, 0.3) is 0 Å². The minimum Gasteiger partial charge on any atom is -0.490 e. The van der Waals surface area contributed by atoms with Crippen LogP contribution in [0.1, 0.15) is 31.4 Å². The van der Waals surface area contributed by atoms with E-state index in [1.54, 1.807) is 19.1 Å². The highest BCUT2D eigenvalue weighted by molar-refractivity contribution is 7.89. The second kappa shape index (κ2) is 6.72. The third-order valence-corrected chi connectivity index (χ3v) is 4.99. The van der Waals surface area contributed by atoms with Crippen molar-refractivity contribution in [1.29, 1.82) is 0 Å². The van der Waals surface area contributed by atoms with Gasteiger partial charge in [-0.3, -0.25) is 0 Å². The molecule has 0 saturated heterocycles. The highest BCUT2D eigenvalue weighted by atomic mass is 32.2. The lowest BCUT2D eigenvalue weighted by Crippen LogP contribution is -2.34. The number of hydrogen-bond acceptors (Lipinski definition) is 4. The first-order valence-electron chi connectivity index (χ1n) is 6.87. The van der Waals surface area contributed by atoms with Gasteiger partial charge in [0.2, 0.25) is 10.0 Å². The van der Waals surface area contributed by atoms with Crippen molar-refractivity contribution in [2.45, 2.75) is 31.9 Å². The number of fused-ring (bicyclic) bond motifs is 1. The molecule has 0 spiro atoms. The second-order valence-electron chi connectivity index (χ2n) is 5.15. The minimum absolute atomic E-state index is 0.133. The normalized spacial score (nSPS) is 20.2. The molecule has 1 aliphatic heterocycles. The molecule has 0 fully saturated rings. The lowest BCUT2D eigenvalue weighted by Gasteiger charge is -2.19. The molecule has 0 amide bonds. The Balaban J connectivity index is 2.23. The molecule has 1 aromatic carbocycles. The van der Waals surface area contributed by atoms with Crippen molar-refractivity contribution < 1.29 is 22.3 Å². The first kappa shape index (κ1) is 16.2. The van der Waals surface area contributed by atoms with Crippen molar-refractivity contribution in [3.05, 3.63) is 29.6 Å². The van der Waals surface area contributed by atoms with Crippen LogP contribution in [0.5, 0.6) is 5.75 Å². The molecule has 5 nitrogen and oxygen atoms in total. The zero-order chi connectivity index (χ0) is 15.5. The summed E-state index contributed by atoms with van der Waals surface area (Å²) in [6.07, 6.45) is 0.814. The molecule has 21 heavy (non-hydrogen) atoms. The van der Waals surface area contributed by atoms with E-state index in [1.165, 1.54) is 13.2 Å². The second-order valence-corrected chi connectivity index (χ2v) is 6.95. The average molecular weight is 317 g/mol. The van der Waals surface area contributed by atoms with Crippen LogP contribution < -0.4 is 9.46 Å². The Labute approximate surface area is 124 Å². The third-order valence-electron chi connectivity index (χ3n) is 3.43. The predicted octanol–water partition coefficient (Wildman–Crippen LogP) is 1.99. The SMILES string of the molecule is CO[C@@H](C)CS(=O)(=O)N[C@H]1CCCOc2c(F)cccc21. The van der Waals surface area contributed by atoms with E-state index in [1.807, 2.05) is 0 Å². The summed E-state index contributed by atoms with van der Waals surface area (Å²) >= 11 is 0. The highest BCUT2D eigenvalue weighted by Gasteiger charge is 2.27. The summed E-state index contributed by atoms with van der Waals surface area (Å²) < 4.78 is 51.1. The van der Waals surface area contributed by atoms with Gasteiger partial charge in [0.05, 0.1) is 24.5 Å². The summed E-state index contributed by atoms with van der Waals surface area (Å²) in [6.45, 7) is 2.06. The van der Waals surface area contributed by atoms with Crippen LogP contribution in [-0.4, -0.2) is 34.0 Å². The first-order valence-corrected chi connectivity index (χ1v) is 8.52. The number of hydrogen-bond donors (Lipinski definition) is 1. The maximum absolute atomic E-state index is 13.8. The van der Waals surface area contributed by atoms with E-state index in [4.69, 9.17) is 9.47 Å². The highest BCUT2D eigenvalue weighted by Crippen LogP contribution is 2.33. The van der Waals surface area contributed by atoms with Crippen molar-refractivity contribution in [3.63, 3.8) is 0 Å². The van der Waals surface area contributed by atoms with Crippen molar-refractivity contribution in [1.82, 2.24) is 4.72 Å². The fourth-order valence-corrected chi connectivity index (χ4v) is 3.86. The number of rotatable bonds is 5. The summed E-state index contributed by atoms with van der Waals surface area (Å²) in [5, 5.41) is 0. The van der Waals surface area contributed by atoms with Gasteiger partial charge in [0.1, 0.15) is 0 Å². The van der Waals surface area contributed by atoms with Gasteiger partial charge < -0.3 is 9.47 Å². The topological polar surface area (TPSA) is 64.6 Å². The lowest BCUT2D eigenvalue weighted by molar-refractivity contribution is 0.136. The van der Waals surface area contributed by atoms with E-state index in [0.717, 1.165) is 0 Å². The van der Waals surface area contributed by atoms with E-state index >= 15 is 0 Å². The maximum Gasteiger partial charge on any atom is 0.214 e. The Hall–Kier alpha value is -1.18. The van der Waals surface area contributed by atoms with E-state index in [0.29, 0.717) is 25.0 Å². The lowest BCUT2D eigenvalue weighted by atomic mass is 10.0. The third kappa shape index (κ3) is 4.15. The Morgan fingerprint density at radius 3 is 3.00 bits per heavy atom. The van der Waals surface area contributed by atoms with Crippen LogP contribution in [0, 0.1) is 5.82 Å². The molecule has 1 N–H and O–H groups in total. The summed E-state index contributed by atoms with van der Waals surface area (Å²) in [6, 6.07) is 4.08. The largest absolute Gasteiger partial charge is 0.490 e. The smallest absolute Gasteiger partial charge is 0.214 e. The van der Waals surface area contributed by atoms with Gasteiger partial charge in [0.15, 0.2) is 11.6 Å². The molecule has 0 radical (unpaired) electrons. The van der Waals surface area contributed by atoms with Crippen molar-refractivity contribution in [2.75, 3.05) is 19.5 Å². The van der Waals surface area contributed by atoms with Gasteiger partial charge in [-0.1, -0.05) is 12.1 Å². The molecule has 0 saturated carbocycles. The van der Waals surface area contributed by atoms with Crippen molar-refractivity contribution in [3.8, 4) is 5.75 Å². The number of ether oxygens (including phenoxy) is 2. The minimum atomic E-state index is -3.52. The number of sulfonamides is 1. The van der Waals surface area contributed by atoms with Crippen LogP contribution in [0.4, 0.5) is 4.39 Å². The molecule has 2 atom stereocenters. The monoisotopic (exact) mass is 317 g/mol. The van der Waals surface area contributed by atoms with E-state index < -0.39 is 28.0 Å². The maximum atomic E-state index is 13.8. The Bertz CT molecular complexity index is 591. The molecule has 0 aliphatic carbocycles. The fourth-order valence-electron chi connectivity index (χ4n) is 2.33. The number of para-hydroxylation sites is 1. The van der Waals surface area contributed by atoms with Crippen LogP contribution in [0.15, 0.2) is 18.2 Å². The molecular formula is C14H20FNO4S. The Morgan fingerprint density at radius 2 is 2.29 bits per heavy atom. The average Bonchev–Trinajstić information content (AvgIpc) is 2.62. The summed E-state index contributed by atoms with van der Waals surface area (Å²) in [5.41, 5.74) is 0.543. The summed E-state index contributed by atoms with van der Waals surface area (Å²) in [4.78, 5) is 0. The van der Waals surface area contributed by atoms with Gasteiger partial charge in [-0.05, 0) is 25.8 Å². The van der Waals surface area contributed by atoms with Crippen molar-refractivity contribution in [2.24, 2.45) is 0 Å². The van der Waals surface area contributed by atoms with E-state index in [2.05, 4.69) is 4.72 Å². The number of methoxy groups -OCH3 is 1. The van der Waals surface area contributed by atoms with Crippen LogP contribution in [0.2, 0.25) is 0 Å². The Kier molecular flexibility index (Phi) is 5.18. The van der Waals surface area contributed by atoms with Gasteiger partial charge in [-0.25, -0.2) is 17.5 Å². The number of halogens is 1. The van der Waals surface area contributed by atoms with Crippen molar-refractivity contribution >= 4 is 10.0 Å². The molecule has 7 heteroatoms. The number of nitrogens with one attached hydrogen (secondary N) is 1. The number of benzene rings is 1. The van der Waals surface area contributed by atoms with Gasteiger partial charge in [0.25, 0.3) is 0 Å². The zero-order valence-electron chi connectivity index (χ0n) is 12.1. The molecule has 0 aromatic heterocycles. The predicted molar refractivity (Wildman–Crippen MR) is 77.3 cm³/mol. The van der Waals surface area contributed by atoms with Gasteiger partial charge >= 0.3 is 0 Å². The Morgan fingerprint density at radius 1 is 1.52 bits per heavy atom. The fraction of sp³-hybridized carbons (Fsp3) is 0.571. The van der Waals surface area contributed by atoms with Crippen LogP contribution in [-0.2, 0) is 14.8 Å². The summed E-state index contributed by atoms with van der Waals surface area (Å²) in [7, 11) is -2.05. The van der Waals surface area contributed by atoms with Gasteiger partial charge in [-0.15, -0.1) is 0 Å². The van der Waals surface area contributed by atoms with Crippen LogP contribution >= 0.6 is 0 Å².